The van der Waals surface area contributed by atoms with Crippen molar-refractivity contribution in [3.05, 3.63) is 42.6 Å². The zero-order valence-electron chi connectivity index (χ0n) is 13.4. The van der Waals surface area contributed by atoms with Crippen molar-refractivity contribution >= 4 is 11.8 Å². The predicted molar refractivity (Wildman–Crippen MR) is 85.2 cm³/mol. The van der Waals surface area contributed by atoms with Crippen LogP contribution < -0.4 is 0 Å². The maximum Gasteiger partial charge on any atom is 0.290 e. The van der Waals surface area contributed by atoms with Crippen LogP contribution in [-0.4, -0.2) is 57.1 Å². The van der Waals surface area contributed by atoms with Crippen LogP contribution in [0.15, 0.2) is 41.3 Å². The molecule has 24 heavy (non-hydrogen) atoms. The molecule has 0 radical (unpaired) electrons. The highest BCUT2D eigenvalue weighted by molar-refractivity contribution is 5.95. The number of hydrogen-bond donors (Lipinski definition) is 0. The second-order valence-electron chi connectivity index (χ2n) is 6.37. The Hall–Kier alpha value is -2.57. The van der Waals surface area contributed by atoms with E-state index >= 15 is 0 Å². The number of furan rings is 1. The summed E-state index contributed by atoms with van der Waals surface area (Å²) in [6.45, 7) is 1.91. The Morgan fingerprint density at radius 3 is 2.79 bits per heavy atom. The molecule has 7 heteroatoms. The topological polar surface area (TPSA) is 71.6 Å². The van der Waals surface area contributed by atoms with Gasteiger partial charge in [-0.2, -0.15) is 5.10 Å². The fourth-order valence-electron chi connectivity index (χ4n) is 3.48. The molecule has 0 aromatic carbocycles. The van der Waals surface area contributed by atoms with Gasteiger partial charge in [-0.3, -0.25) is 14.3 Å². The highest BCUT2D eigenvalue weighted by atomic mass is 16.3. The summed E-state index contributed by atoms with van der Waals surface area (Å²) in [6, 6.07) is 5.08. The number of carbonyl (C=O) groups excluding carboxylic acids is 2. The Kier molecular flexibility index (Phi) is 3.84. The lowest BCUT2D eigenvalue weighted by Gasteiger charge is -2.44. The fourth-order valence-corrected chi connectivity index (χ4v) is 3.48. The van der Waals surface area contributed by atoms with Crippen LogP contribution in [0.4, 0.5) is 0 Å². The summed E-state index contributed by atoms with van der Waals surface area (Å²) in [4.78, 5) is 29.0. The summed E-state index contributed by atoms with van der Waals surface area (Å²) < 4.78 is 7.10. The third kappa shape index (κ3) is 2.60. The molecule has 2 aliphatic heterocycles. The first-order valence-electron chi connectivity index (χ1n) is 8.36. The van der Waals surface area contributed by atoms with Gasteiger partial charge in [-0.15, -0.1) is 0 Å². The van der Waals surface area contributed by atoms with E-state index in [0.717, 1.165) is 12.8 Å². The number of nitrogens with zero attached hydrogens (tertiary/aromatic N) is 4. The summed E-state index contributed by atoms with van der Waals surface area (Å²) in [5.74, 6) is 0.146. The van der Waals surface area contributed by atoms with E-state index in [1.54, 1.807) is 23.2 Å². The van der Waals surface area contributed by atoms with Crippen molar-refractivity contribution in [1.82, 2.24) is 19.6 Å². The molecule has 0 aliphatic carbocycles. The van der Waals surface area contributed by atoms with E-state index in [9.17, 15) is 9.59 Å². The van der Waals surface area contributed by atoms with E-state index in [-0.39, 0.29) is 23.9 Å². The molecule has 1 atom stereocenters. The van der Waals surface area contributed by atoms with Crippen LogP contribution in [0.2, 0.25) is 0 Å². The summed E-state index contributed by atoms with van der Waals surface area (Å²) in [6.07, 6.45) is 7.75. The highest BCUT2D eigenvalue weighted by Gasteiger charge is 2.40. The van der Waals surface area contributed by atoms with Crippen molar-refractivity contribution in [2.75, 3.05) is 19.6 Å². The van der Waals surface area contributed by atoms with Gasteiger partial charge in [-0.25, -0.2) is 0 Å². The van der Waals surface area contributed by atoms with E-state index in [0.29, 0.717) is 31.8 Å². The lowest BCUT2D eigenvalue weighted by Crippen LogP contribution is -2.59. The largest absolute Gasteiger partial charge is 0.459 e. The number of hydrogen-bond acceptors (Lipinski definition) is 4. The molecule has 0 saturated carbocycles. The van der Waals surface area contributed by atoms with Gasteiger partial charge in [-0.05, 0) is 37.5 Å². The van der Waals surface area contributed by atoms with E-state index in [4.69, 9.17) is 4.42 Å². The van der Waals surface area contributed by atoms with Gasteiger partial charge in [0.2, 0.25) is 5.91 Å². The first-order valence-corrected chi connectivity index (χ1v) is 8.36. The Morgan fingerprint density at radius 2 is 2.08 bits per heavy atom. The number of piperidine rings is 1. The molecule has 2 amide bonds. The zero-order valence-corrected chi connectivity index (χ0v) is 13.4. The molecule has 0 bridgehead atoms. The third-order valence-corrected chi connectivity index (χ3v) is 4.85. The molecule has 1 unspecified atom stereocenters. The molecule has 2 aromatic rings. The van der Waals surface area contributed by atoms with E-state index < -0.39 is 0 Å². The molecular formula is C17H20N4O3. The van der Waals surface area contributed by atoms with Crippen molar-refractivity contribution < 1.29 is 14.0 Å². The Balaban J connectivity index is 1.43. The summed E-state index contributed by atoms with van der Waals surface area (Å²) in [7, 11) is 0. The Labute approximate surface area is 139 Å². The van der Waals surface area contributed by atoms with Crippen LogP contribution in [0.1, 0.15) is 35.9 Å². The molecule has 126 valence electrons. The minimum Gasteiger partial charge on any atom is -0.459 e. The SMILES string of the molecule is O=C(C1CCCCN1C(=O)c1ccco1)N1CC(n2cccn2)C1. The molecule has 2 aliphatic rings. The van der Waals surface area contributed by atoms with Crippen LogP contribution >= 0.6 is 0 Å². The predicted octanol–water partition coefficient (Wildman–Crippen LogP) is 1.55. The van der Waals surface area contributed by atoms with Gasteiger partial charge >= 0.3 is 0 Å². The molecule has 4 heterocycles. The van der Waals surface area contributed by atoms with Gasteiger partial charge in [0, 0.05) is 32.0 Å². The maximum absolute atomic E-state index is 12.9. The average molecular weight is 328 g/mol. The number of amides is 2. The van der Waals surface area contributed by atoms with E-state index in [1.807, 2.05) is 21.8 Å². The number of rotatable bonds is 3. The highest BCUT2D eigenvalue weighted by Crippen LogP contribution is 2.26. The summed E-state index contributed by atoms with van der Waals surface area (Å²) >= 11 is 0. The zero-order chi connectivity index (χ0) is 16.5. The molecular weight excluding hydrogens is 308 g/mol. The average Bonchev–Trinajstić information content (AvgIpc) is 3.26. The Bertz CT molecular complexity index is 704. The van der Waals surface area contributed by atoms with Gasteiger partial charge in [0.1, 0.15) is 6.04 Å². The van der Waals surface area contributed by atoms with E-state index in [2.05, 4.69) is 5.10 Å². The van der Waals surface area contributed by atoms with Gasteiger partial charge in [-0.1, -0.05) is 0 Å². The van der Waals surface area contributed by atoms with Crippen LogP contribution in [0.25, 0.3) is 0 Å². The van der Waals surface area contributed by atoms with Crippen LogP contribution in [0, 0.1) is 0 Å². The lowest BCUT2D eigenvalue weighted by atomic mass is 9.98. The lowest BCUT2D eigenvalue weighted by molar-refractivity contribution is -0.143. The standard InChI is InChI=1S/C17H20N4O3/c22-16(19-11-13(12-19)21-9-4-7-18-21)14-5-1-2-8-20(14)17(23)15-6-3-10-24-15/h3-4,6-7,9-10,13-14H,1-2,5,8,11-12H2. The van der Waals surface area contributed by atoms with Crippen molar-refractivity contribution in [2.45, 2.75) is 31.3 Å². The molecule has 0 spiro atoms. The van der Waals surface area contributed by atoms with Crippen molar-refractivity contribution in [1.29, 1.82) is 0 Å². The quantitative estimate of drug-likeness (QED) is 0.857. The first-order chi connectivity index (χ1) is 11.7. The van der Waals surface area contributed by atoms with Gasteiger partial charge in [0.25, 0.3) is 5.91 Å². The second kappa shape index (κ2) is 6.14. The Morgan fingerprint density at radius 1 is 1.21 bits per heavy atom. The summed E-state index contributed by atoms with van der Waals surface area (Å²) in [5.41, 5.74) is 0. The van der Waals surface area contributed by atoms with Gasteiger partial charge in [0.05, 0.1) is 12.3 Å². The first kappa shape index (κ1) is 15.0. The van der Waals surface area contributed by atoms with Crippen LogP contribution in [-0.2, 0) is 4.79 Å². The third-order valence-electron chi connectivity index (χ3n) is 4.85. The maximum atomic E-state index is 12.9. The van der Waals surface area contributed by atoms with E-state index in [1.165, 1.54) is 6.26 Å². The number of likely N-dealkylation sites (tertiary alicyclic amines) is 2. The molecule has 2 saturated heterocycles. The van der Waals surface area contributed by atoms with Crippen LogP contribution in [0.3, 0.4) is 0 Å². The minimum atomic E-state index is -0.380. The molecule has 7 nitrogen and oxygen atoms in total. The van der Waals surface area contributed by atoms with Gasteiger partial charge < -0.3 is 14.2 Å². The molecule has 2 aromatic heterocycles. The normalized spacial score (nSPS) is 21.6. The van der Waals surface area contributed by atoms with Crippen molar-refractivity contribution in [3.63, 3.8) is 0 Å². The fraction of sp³-hybridized carbons (Fsp3) is 0.471. The number of aromatic nitrogens is 2. The monoisotopic (exact) mass is 328 g/mol. The molecule has 4 rings (SSSR count). The minimum absolute atomic E-state index is 0.0398. The van der Waals surface area contributed by atoms with Crippen molar-refractivity contribution in [2.24, 2.45) is 0 Å². The molecule has 0 N–H and O–H groups in total. The number of carbonyl (C=O) groups is 2. The van der Waals surface area contributed by atoms with Crippen LogP contribution in [0.5, 0.6) is 0 Å². The van der Waals surface area contributed by atoms with Gasteiger partial charge in [0.15, 0.2) is 5.76 Å². The second-order valence-corrected chi connectivity index (χ2v) is 6.37. The smallest absolute Gasteiger partial charge is 0.290 e. The summed E-state index contributed by atoms with van der Waals surface area (Å²) in [5, 5.41) is 4.22. The molecule has 2 fully saturated rings. The van der Waals surface area contributed by atoms with Crippen molar-refractivity contribution in [3.8, 4) is 0 Å².